The van der Waals surface area contributed by atoms with Crippen LogP contribution in [0, 0.1) is 0 Å². The van der Waals surface area contributed by atoms with Crippen LogP contribution in [0.5, 0.6) is 0 Å². The largest absolute Gasteiger partial charge is 0.270 e. The second-order valence-electron chi connectivity index (χ2n) is 6.01. The zero-order valence-corrected chi connectivity index (χ0v) is 18.4. The number of thioether (sulfide) groups is 1. The van der Waals surface area contributed by atoms with Crippen LogP contribution in [0.1, 0.15) is 5.56 Å². The van der Waals surface area contributed by atoms with Gasteiger partial charge in [-0.05, 0) is 42.0 Å². The Balaban J connectivity index is 1.72. The van der Waals surface area contributed by atoms with E-state index in [1.165, 1.54) is 0 Å². The highest BCUT2D eigenvalue weighted by Gasteiger charge is 2.16. The predicted octanol–water partition coefficient (Wildman–Crippen LogP) is 7.30. The summed E-state index contributed by atoms with van der Waals surface area (Å²) in [4.78, 5) is 0. The van der Waals surface area contributed by atoms with Crippen molar-refractivity contribution >= 4 is 50.9 Å². The van der Waals surface area contributed by atoms with E-state index in [1.54, 1.807) is 17.8 Å². The molecule has 0 spiro atoms. The van der Waals surface area contributed by atoms with Crippen molar-refractivity contribution in [2.24, 2.45) is 0 Å². The summed E-state index contributed by atoms with van der Waals surface area (Å²) in [5, 5.41) is 11.0. The van der Waals surface area contributed by atoms with E-state index in [4.69, 9.17) is 23.2 Å². The zero-order chi connectivity index (χ0) is 19.5. The lowest BCUT2D eigenvalue weighted by Gasteiger charge is -2.11. The van der Waals surface area contributed by atoms with Crippen LogP contribution in [-0.2, 0) is 5.75 Å². The molecule has 0 radical (unpaired) electrons. The van der Waals surface area contributed by atoms with Crippen LogP contribution in [0.2, 0.25) is 10.0 Å². The first-order valence-corrected chi connectivity index (χ1v) is 11.0. The third kappa shape index (κ3) is 4.28. The molecule has 0 amide bonds. The summed E-state index contributed by atoms with van der Waals surface area (Å²) < 4.78 is 3.09. The molecule has 3 nitrogen and oxygen atoms in total. The summed E-state index contributed by atoms with van der Waals surface area (Å²) in [7, 11) is 0. The molecule has 3 aromatic carbocycles. The van der Waals surface area contributed by atoms with Gasteiger partial charge in [-0.1, -0.05) is 87.3 Å². The van der Waals surface area contributed by atoms with Gasteiger partial charge >= 0.3 is 0 Å². The van der Waals surface area contributed by atoms with Crippen LogP contribution in [0.15, 0.2) is 82.4 Å². The summed E-state index contributed by atoms with van der Waals surface area (Å²) in [6, 6.07) is 23.7. The molecule has 0 fully saturated rings. The van der Waals surface area contributed by atoms with Gasteiger partial charge in [-0.3, -0.25) is 4.57 Å². The van der Waals surface area contributed by atoms with E-state index in [9.17, 15) is 0 Å². The molecule has 1 heterocycles. The maximum atomic E-state index is 6.32. The Morgan fingerprint density at radius 2 is 1.64 bits per heavy atom. The molecule has 1 aromatic heterocycles. The molecule has 140 valence electrons. The molecule has 7 heteroatoms. The van der Waals surface area contributed by atoms with E-state index in [0.29, 0.717) is 15.8 Å². The van der Waals surface area contributed by atoms with Gasteiger partial charge in [0, 0.05) is 31.5 Å². The highest BCUT2D eigenvalue weighted by molar-refractivity contribution is 9.10. The predicted molar refractivity (Wildman–Crippen MR) is 121 cm³/mol. The van der Waals surface area contributed by atoms with E-state index in [-0.39, 0.29) is 0 Å². The molecule has 0 aliphatic carbocycles. The monoisotopic (exact) mass is 489 g/mol. The Labute approximate surface area is 185 Å². The Bertz CT molecular complexity index is 1100. The number of rotatable bonds is 5. The fourth-order valence-corrected chi connectivity index (χ4v) is 4.51. The first-order valence-electron chi connectivity index (χ1n) is 8.45. The van der Waals surface area contributed by atoms with Crippen LogP contribution < -0.4 is 0 Å². The summed E-state index contributed by atoms with van der Waals surface area (Å²) in [5.74, 6) is 1.46. The highest BCUT2D eigenvalue weighted by atomic mass is 79.9. The lowest BCUT2D eigenvalue weighted by Crippen LogP contribution is -1.99. The molecule has 0 saturated heterocycles. The number of aromatic nitrogens is 3. The molecular formula is C21H14BrCl2N3S. The molecule has 0 aliphatic heterocycles. The van der Waals surface area contributed by atoms with Gasteiger partial charge in [0.25, 0.3) is 0 Å². The van der Waals surface area contributed by atoms with Crippen molar-refractivity contribution in [1.29, 1.82) is 0 Å². The van der Waals surface area contributed by atoms with E-state index in [0.717, 1.165) is 32.3 Å². The topological polar surface area (TPSA) is 30.7 Å². The minimum absolute atomic E-state index is 0.628. The molecule has 4 aromatic rings. The molecule has 0 N–H and O–H groups in total. The summed E-state index contributed by atoms with van der Waals surface area (Å²) in [6.45, 7) is 0. The standard InChI is InChI=1S/C21H14BrCl2N3S/c22-16-9-6-14(7-10-16)20-25-26-21(27(20)18-4-2-1-3-5-18)28-13-15-8-11-17(23)12-19(15)24/h1-12H,13H2. The SMILES string of the molecule is Clc1ccc(CSc2nnc(-c3ccc(Br)cc3)n2-c2ccccc2)c(Cl)c1. The average Bonchev–Trinajstić information content (AvgIpc) is 3.12. The van der Waals surface area contributed by atoms with Gasteiger partial charge in [-0.2, -0.15) is 0 Å². The molecule has 0 unspecified atom stereocenters. The Morgan fingerprint density at radius 1 is 0.893 bits per heavy atom. The lowest BCUT2D eigenvalue weighted by atomic mass is 10.2. The number of hydrogen-bond acceptors (Lipinski definition) is 3. The highest BCUT2D eigenvalue weighted by Crippen LogP contribution is 2.32. The lowest BCUT2D eigenvalue weighted by molar-refractivity contribution is 0.886. The Hall–Kier alpha value is -1.79. The van der Waals surface area contributed by atoms with Crippen LogP contribution >= 0.6 is 50.9 Å². The third-order valence-electron chi connectivity index (χ3n) is 4.12. The maximum Gasteiger partial charge on any atom is 0.196 e. The van der Waals surface area contributed by atoms with Gasteiger partial charge in [0.1, 0.15) is 0 Å². The minimum Gasteiger partial charge on any atom is -0.270 e. The second kappa shape index (κ2) is 8.70. The van der Waals surface area contributed by atoms with E-state index in [2.05, 4.69) is 30.7 Å². The van der Waals surface area contributed by atoms with Crippen LogP contribution in [0.4, 0.5) is 0 Å². The number of benzene rings is 3. The molecule has 4 rings (SSSR count). The molecule has 0 saturated carbocycles. The summed E-state index contributed by atoms with van der Waals surface area (Å²) >= 11 is 17.4. The zero-order valence-electron chi connectivity index (χ0n) is 14.5. The van der Waals surface area contributed by atoms with Gasteiger partial charge in [0.05, 0.1) is 0 Å². The number of nitrogens with zero attached hydrogens (tertiary/aromatic N) is 3. The fraction of sp³-hybridized carbons (Fsp3) is 0.0476. The average molecular weight is 491 g/mol. The summed E-state index contributed by atoms with van der Waals surface area (Å²) in [5.41, 5.74) is 3.01. The van der Waals surface area contributed by atoms with Crippen molar-refractivity contribution in [3.63, 3.8) is 0 Å². The first kappa shape index (κ1) is 19.5. The van der Waals surface area contributed by atoms with Crippen molar-refractivity contribution in [3.8, 4) is 17.1 Å². The Kier molecular flexibility index (Phi) is 6.07. The molecule has 0 atom stereocenters. The molecule has 0 bridgehead atoms. The van der Waals surface area contributed by atoms with Crippen LogP contribution in [0.25, 0.3) is 17.1 Å². The number of hydrogen-bond donors (Lipinski definition) is 0. The molecule has 28 heavy (non-hydrogen) atoms. The number of halogens is 3. The normalized spacial score (nSPS) is 11.0. The van der Waals surface area contributed by atoms with Crippen molar-refractivity contribution < 1.29 is 0 Å². The maximum absolute atomic E-state index is 6.32. The first-order chi connectivity index (χ1) is 13.6. The third-order valence-corrected chi connectivity index (χ3v) is 6.22. The van der Waals surface area contributed by atoms with Crippen molar-refractivity contribution in [2.45, 2.75) is 10.9 Å². The van der Waals surface area contributed by atoms with E-state index < -0.39 is 0 Å². The smallest absolute Gasteiger partial charge is 0.196 e. The quantitative estimate of drug-likeness (QED) is 0.275. The van der Waals surface area contributed by atoms with Crippen molar-refractivity contribution in [1.82, 2.24) is 14.8 Å². The minimum atomic E-state index is 0.628. The van der Waals surface area contributed by atoms with E-state index >= 15 is 0 Å². The van der Waals surface area contributed by atoms with Crippen LogP contribution in [-0.4, -0.2) is 14.8 Å². The van der Waals surface area contributed by atoms with Crippen molar-refractivity contribution in [3.05, 3.63) is 92.9 Å². The van der Waals surface area contributed by atoms with Gasteiger partial charge in [0.2, 0.25) is 0 Å². The summed E-state index contributed by atoms with van der Waals surface area (Å²) in [6.07, 6.45) is 0. The fourth-order valence-electron chi connectivity index (χ4n) is 2.74. The molecular weight excluding hydrogens is 477 g/mol. The molecule has 0 aliphatic rings. The second-order valence-corrected chi connectivity index (χ2v) is 8.71. The van der Waals surface area contributed by atoms with E-state index in [1.807, 2.05) is 66.7 Å². The van der Waals surface area contributed by atoms with Crippen LogP contribution in [0.3, 0.4) is 0 Å². The number of para-hydroxylation sites is 1. The van der Waals surface area contributed by atoms with Gasteiger partial charge in [0.15, 0.2) is 11.0 Å². The van der Waals surface area contributed by atoms with Gasteiger partial charge in [-0.15, -0.1) is 10.2 Å². The van der Waals surface area contributed by atoms with Crippen molar-refractivity contribution in [2.75, 3.05) is 0 Å². The Morgan fingerprint density at radius 3 is 2.36 bits per heavy atom. The van der Waals surface area contributed by atoms with Gasteiger partial charge < -0.3 is 0 Å². The van der Waals surface area contributed by atoms with Gasteiger partial charge in [-0.25, -0.2) is 0 Å².